The molecule has 2 aromatic heterocycles. The molecule has 0 bridgehead atoms. The molecule has 5 heteroatoms. The average Bonchev–Trinajstić information content (AvgIpc) is 2.46. The number of hydrogen-bond donors (Lipinski definition) is 1. The van der Waals surface area contributed by atoms with E-state index in [1.165, 1.54) is 0 Å². The molecule has 0 aromatic carbocycles. The number of nitrogens with one attached hydrogen (secondary N) is 1. The molecular formula is C14H19N5. The number of hydrogen-bond acceptors (Lipinski definition) is 5. The summed E-state index contributed by atoms with van der Waals surface area (Å²) in [7, 11) is 0. The van der Waals surface area contributed by atoms with Crippen LogP contribution in [-0.2, 0) is 6.42 Å². The van der Waals surface area contributed by atoms with Gasteiger partial charge in [0.1, 0.15) is 17.3 Å². The Labute approximate surface area is 113 Å². The molecule has 5 nitrogen and oxygen atoms in total. The molecule has 0 aliphatic carbocycles. The highest BCUT2D eigenvalue weighted by Gasteiger charge is 2.07. The predicted octanol–water partition coefficient (Wildman–Crippen LogP) is 2.71. The molecule has 0 amide bonds. The molecule has 0 unspecified atom stereocenters. The maximum absolute atomic E-state index is 4.55. The normalized spacial score (nSPS) is 10.4. The first-order chi connectivity index (χ1) is 9.33. The summed E-state index contributed by atoms with van der Waals surface area (Å²) >= 11 is 0. The molecule has 2 aromatic rings. The summed E-state index contributed by atoms with van der Waals surface area (Å²) in [6, 6.07) is 1.93. The van der Waals surface area contributed by atoms with E-state index in [9.17, 15) is 0 Å². The molecule has 2 rings (SSSR count). The Morgan fingerprint density at radius 1 is 1.05 bits per heavy atom. The Hall–Kier alpha value is -2.04. The van der Waals surface area contributed by atoms with Crippen LogP contribution >= 0.6 is 0 Å². The Morgan fingerprint density at radius 3 is 2.63 bits per heavy atom. The summed E-state index contributed by atoms with van der Waals surface area (Å²) in [5, 5.41) is 3.30. The fraction of sp³-hybridized carbons (Fsp3) is 0.429. The summed E-state index contributed by atoms with van der Waals surface area (Å²) in [4.78, 5) is 17.4. The minimum Gasteiger partial charge on any atom is -0.370 e. The van der Waals surface area contributed by atoms with Gasteiger partial charge in [-0.1, -0.05) is 13.8 Å². The van der Waals surface area contributed by atoms with Crippen LogP contribution in [0.2, 0.25) is 0 Å². The Morgan fingerprint density at radius 2 is 1.95 bits per heavy atom. The highest BCUT2D eigenvalue weighted by Crippen LogP contribution is 2.17. The molecule has 100 valence electrons. The van der Waals surface area contributed by atoms with E-state index in [4.69, 9.17) is 0 Å². The highest BCUT2D eigenvalue weighted by molar-refractivity contribution is 5.57. The van der Waals surface area contributed by atoms with Gasteiger partial charge in [0.25, 0.3) is 0 Å². The van der Waals surface area contributed by atoms with E-state index in [1.54, 1.807) is 18.6 Å². The SMILES string of the molecule is CCCNc1cc(-c2cnccn2)nc(CCC)n1. The number of aromatic nitrogens is 4. The van der Waals surface area contributed by atoms with E-state index in [2.05, 4.69) is 39.1 Å². The van der Waals surface area contributed by atoms with Gasteiger partial charge in [0.05, 0.1) is 11.9 Å². The molecule has 2 heterocycles. The van der Waals surface area contributed by atoms with Gasteiger partial charge in [-0.3, -0.25) is 9.97 Å². The fourth-order valence-corrected chi connectivity index (χ4v) is 1.74. The van der Waals surface area contributed by atoms with Gasteiger partial charge in [-0.2, -0.15) is 0 Å². The van der Waals surface area contributed by atoms with Crippen LogP contribution in [0.15, 0.2) is 24.7 Å². The molecular weight excluding hydrogens is 238 g/mol. The molecule has 0 saturated carbocycles. The summed E-state index contributed by atoms with van der Waals surface area (Å²) in [5.41, 5.74) is 1.60. The summed E-state index contributed by atoms with van der Waals surface area (Å²) < 4.78 is 0. The van der Waals surface area contributed by atoms with E-state index >= 15 is 0 Å². The zero-order valence-electron chi connectivity index (χ0n) is 11.4. The van der Waals surface area contributed by atoms with Gasteiger partial charge < -0.3 is 5.32 Å². The van der Waals surface area contributed by atoms with Gasteiger partial charge >= 0.3 is 0 Å². The van der Waals surface area contributed by atoms with Crippen LogP contribution in [0.1, 0.15) is 32.5 Å². The molecule has 0 radical (unpaired) electrons. The van der Waals surface area contributed by atoms with E-state index in [1.807, 2.05) is 6.07 Å². The minimum absolute atomic E-state index is 0.779. The standard InChI is InChI=1S/C14H19N5/c1-3-5-13-18-11(12-10-15-7-8-16-12)9-14(19-13)17-6-4-2/h7-10H,3-6H2,1-2H3,(H,17,18,19). The smallest absolute Gasteiger partial charge is 0.131 e. The van der Waals surface area contributed by atoms with Crippen LogP contribution in [0.5, 0.6) is 0 Å². The average molecular weight is 257 g/mol. The summed E-state index contributed by atoms with van der Waals surface area (Å²) in [5.74, 6) is 1.71. The Kier molecular flexibility index (Phi) is 4.78. The monoisotopic (exact) mass is 257 g/mol. The Bertz CT molecular complexity index is 512. The van der Waals surface area contributed by atoms with Crippen molar-refractivity contribution in [3.05, 3.63) is 30.5 Å². The van der Waals surface area contributed by atoms with Crippen molar-refractivity contribution in [2.45, 2.75) is 33.1 Å². The maximum atomic E-state index is 4.55. The van der Waals surface area contributed by atoms with Crippen molar-refractivity contribution < 1.29 is 0 Å². The Balaban J connectivity index is 2.33. The van der Waals surface area contributed by atoms with Crippen LogP contribution in [0, 0.1) is 0 Å². The van der Waals surface area contributed by atoms with E-state index in [0.717, 1.165) is 48.8 Å². The number of aryl methyl sites for hydroxylation is 1. The van der Waals surface area contributed by atoms with Crippen LogP contribution in [0.25, 0.3) is 11.4 Å². The number of rotatable bonds is 6. The lowest BCUT2D eigenvalue weighted by atomic mass is 10.2. The summed E-state index contributed by atoms with van der Waals surface area (Å²) in [6.45, 7) is 5.16. The van der Waals surface area contributed by atoms with Crippen molar-refractivity contribution in [3.8, 4) is 11.4 Å². The zero-order valence-corrected chi connectivity index (χ0v) is 11.4. The summed E-state index contributed by atoms with van der Waals surface area (Å²) in [6.07, 6.45) is 8.02. The predicted molar refractivity (Wildman–Crippen MR) is 75.8 cm³/mol. The molecule has 0 fully saturated rings. The molecule has 0 spiro atoms. The second-order valence-electron chi connectivity index (χ2n) is 4.32. The largest absolute Gasteiger partial charge is 0.370 e. The highest BCUT2D eigenvalue weighted by atomic mass is 15.0. The van der Waals surface area contributed by atoms with Crippen LogP contribution in [0.3, 0.4) is 0 Å². The van der Waals surface area contributed by atoms with E-state index < -0.39 is 0 Å². The van der Waals surface area contributed by atoms with E-state index in [0.29, 0.717) is 0 Å². The van der Waals surface area contributed by atoms with Crippen molar-refractivity contribution in [1.82, 2.24) is 19.9 Å². The molecule has 0 saturated heterocycles. The lowest BCUT2D eigenvalue weighted by Crippen LogP contribution is -2.06. The molecule has 0 aliphatic heterocycles. The van der Waals surface area contributed by atoms with Crippen molar-refractivity contribution >= 4 is 5.82 Å². The third kappa shape index (κ3) is 3.71. The quantitative estimate of drug-likeness (QED) is 0.862. The van der Waals surface area contributed by atoms with Crippen LogP contribution in [-0.4, -0.2) is 26.5 Å². The van der Waals surface area contributed by atoms with Gasteiger partial charge in [0.2, 0.25) is 0 Å². The first-order valence-electron chi connectivity index (χ1n) is 6.71. The third-order valence-corrected chi connectivity index (χ3v) is 2.63. The van der Waals surface area contributed by atoms with Gasteiger partial charge in [-0.05, 0) is 12.8 Å². The van der Waals surface area contributed by atoms with Crippen molar-refractivity contribution in [1.29, 1.82) is 0 Å². The van der Waals surface area contributed by atoms with Crippen LogP contribution < -0.4 is 5.32 Å². The van der Waals surface area contributed by atoms with Gasteiger partial charge in [-0.15, -0.1) is 0 Å². The molecule has 0 aliphatic rings. The maximum Gasteiger partial charge on any atom is 0.131 e. The fourth-order valence-electron chi connectivity index (χ4n) is 1.74. The first-order valence-corrected chi connectivity index (χ1v) is 6.71. The second-order valence-corrected chi connectivity index (χ2v) is 4.32. The van der Waals surface area contributed by atoms with E-state index in [-0.39, 0.29) is 0 Å². The number of nitrogens with zero attached hydrogens (tertiary/aromatic N) is 4. The lowest BCUT2D eigenvalue weighted by Gasteiger charge is -2.08. The first kappa shape index (κ1) is 13.4. The molecule has 0 atom stereocenters. The molecule has 19 heavy (non-hydrogen) atoms. The van der Waals surface area contributed by atoms with Crippen molar-refractivity contribution in [2.75, 3.05) is 11.9 Å². The van der Waals surface area contributed by atoms with Gasteiger partial charge in [-0.25, -0.2) is 9.97 Å². The second kappa shape index (κ2) is 6.78. The lowest BCUT2D eigenvalue weighted by molar-refractivity contribution is 0.833. The van der Waals surface area contributed by atoms with Gasteiger partial charge in [0, 0.05) is 31.4 Å². The molecule has 1 N–H and O–H groups in total. The third-order valence-electron chi connectivity index (χ3n) is 2.63. The number of anilines is 1. The minimum atomic E-state index is 0.779. The van der Waals surface area contributed by atoms with Crippen molar-refractivity contribution in [3.63, 3.8) is 0 Å². The van der Waals surface area contributed by atoms with Gasteiger partial charge in [0.15, 0.2) is 0 Å². The van der Waals surface area contributed by atoms with Crippen molar-refractivity contribution in [2.24, 2.45) is 0 Å². The zero-order chi connectivity index (χ0) is 13.5. The van der Waals surface area contributed by atoms with Crippen LogP contribution in [0.4, 0.5) is 5.82 Å². The topological polar surface area (TPSA) is 63.6 Å².